The molecule has 1 aliphatic carbocycles. The third kappa shape index (κ3) is 5.07. The summed E-state index contributed by atoms with van der Waals surface area (Å²) >= 11 is 0. The smallest absolute Gasteiger partial charge is 0.268 e. The van der Waals surface area contributed by atoms with Crippen molar-refractivity contribution in [3.63, 3.8) is 0 Å². The fraction of sp³-hybridized carbons (Fsp3) is 0.304. The normalized spacial score (nSPS) is 15.6. The summed E-state index contributed by atoms with van der Waals surface area (Å²) in [7, 11) is 0. The molecule has 140 valence electrons. The van der Waals surface area contributed by atoms with E-state index in [1.165, 1.54) is 6.42 Å². The molecule has 0 heterocycles. The first kappa shape index (κ1) is 18.9. The first-order valence-electron chi connectivity index (χ1n) is 9.58. The highest BCUT2D eigenvalue weighted by atomic mass is 16.2. The Bertz CT molecular complexity index is 807. The lowest BCUT2D eigenvalue weighted by Crippen LogP contribution is -2.41. The van der Waals surface area contributed by atoms with Crippen LogP contribution < -0.4 is 10.6 Å². The van der Waals surface area contributed by atoms with Crippen LogP contribution in [0.5, 0.6) is 0 Å². The second kappa shape index (κ2) is 9.17. The van der Waals surface area contributed by atoms with Crippen molar-refractivity contribution in [1.29, 1.82) is 0 Å². The van der Waals surface area contributed by atoms with E-state index in [0.29, 0.717) is 11.3 Å². The Morgan fingerprint density at radius 2 is 1.37 bits per heavy atom. The zero-order valence-electron chi connectivity index (χ0n) is 15.7. The van der Waals surface area contributed by atoms with Crippen LogP contribution in [0.4, 0.5) is 0 Å². The fourth-order valence-electron chi connectivity index (χ4n) is 3.43. The Morgan fingerprint density at radius 1 is 0.815 bits per heavy atom. The molecule has 27 heavy (non-hydrogen) atoms. The number of benzene rings is 2. The Labute approximate surface area is 160 Å². The molecule has 2 aromatic carbocycles. The van der Waals surface area contributed by atoms with Gasteiger partial charge in [-0.2, -0.15) is 0 Å². The van der Waals surface area contributed by atoms with Gasteiger partial charge in [0.2, 0.25) is 0 Å². The minimum atomic E-state index is -0.278. The van der Waals surface area contributed by atoms with E-state index in [2.05, 4.69) is 10.6 Å². The van der Waals surface area contributed by atoms with Gasteiger partial charge in [0.25, 0.3) is 11.8 Å². The quantitative estimate of drug-likeness (QED) is 0.779. The predicted octanol–water partition coefficient (Wildman–Crippen LogP) is 4.30. The lowest BCUT2D eigenvalue weighted by Gasteiger charge is -2.24. The molecule has 0 aliphatic heterocycles. The van der Waals surface area contributed by atoms with Crippen LogP contribution in [0, 0.1) is 0 Å². The number of hydrogen-bond acceptors (Lipinski definition) is 2. The van der Waals surface area contributed by atoms with Crippen molar-refractivity contribution in [2.24, 2.45) is 0 Å². The van der Waals surface area contributed by atoms with Crippen molar-refractivity contribution in [2.45, 2.75) is 45.1 Å². The van der Waals surface area contributed by atoms with Crippen molar-refractivity contribution >= 4 is 17.4 Å². The summed E-state index contributed by atoms with van der Waals surface area (Å²) in [4.78, 5) is 25.7. The molecule has 1 aliphatic rings. The van der Waals surface area contributed by atoms with Crippen LogP contribution in [-0.2, 0) is 4.79 Å². The van der Waals surface area contributed by atoms with Crippen LogP contribution in [-0.4, -0.2) is 17.9 Å². The van der Waals surface area contributed by atoms with Gasteiger partial charge >= 0.3 is 0 Å². The molecule has 0 saturated heterocycles. The number of amides is 2. The molecule has 1 fully saturated rings. The standard InChI is InChI=1S/C23H26N2O2/c1-17(18-11-5-2-6-12-18)21(23(27)24-20-15-9-4-10-16-20)25-22(26)19-13-7-3-8-14-19/h2-3,5-8,11-14,20H,4,9-10,15-16H2,1H3,(H,24,27)(H,25,26)/b21-17+. The van der Waals surface area contributed by atoms with Crippen LogP contribution in [0.25, 0.3) is 5.57 Å². The van der Waals surface area contributed by atoms with Gasteiger partial charge in [0.05, 0.1) is 0 Å². The van der Waals surface area contributed by atoms with E-state index in [1.54, 1.807) is 12.1 Å². The van der Waals surface area contributed by atoms with Gasteiger partial charge in [-0.3, -0.25) is 9.59 Å². The molecular formula is C23H26N2O2. The zero-order chi connectivity index (χ0) is 19.1. The second-order valence-corrected chi connectivity index (χ2v) is 6.99. The van der Waals surface area contributed by atoms with Gasteiger partial charge in [-0.1, -0.05) is 67.8 Å². The average Bonchev–Trinajstić information content (AvgIpc) is 2.73. The van der Waals surface area contributed by atoms with Crippen molar-refractivity contribution in [1.82, 2.24) is 10.6 Å². The summed E-state index contributed by atoms with van der Waals surface area (Å²) < 4.78 is 0. The van der Waals surface area contributed by atoms with Crippen LogP contribution in [0.1, 0.15) is 54.9 Å². The highest BCUT2D eigenvalue weighted by Crippen LogP contribution is 2.20. The molecule has 0 spiro atoms. The molecule has 1 saturated carbocycles. The molecule has 4 heteroatoms. The van der Waals surface area contributed by atoms with Gasteiger partial charge in [-0.25, -0.2) is 0 Å². The molecule has 0 radical (unpaired) electrons. The highest BCUT2D eigenvalue weighted by Gasteiger charge is 2.22. The van der Waals surface area contributed by atoms with E-state index in [4.69, 9.17) is 0 Å². The first-order valence-corrected chi connectivity index (χ1v) is 9.58. The average molecular weight is 362 g/mol. The van der Waals surface area contributed by atoms with Crippen LogP contribution in [0.15, 0.2) is 66.4 Å². The van der Waals surface area contributed by atoms with Gasteiger partial charge < -0.3 is 10.6 Å². The SMILES string of the molecule is C/C(=C(\NC(=O)c1ccccc1)C(=O)NC1CCCCC1)c1ccccc1. The van der Waals surface area contributed by atoms with E-state index in [1.807, 2.05) is 55.5 Å². The van der Waals surface area contributed by atoms with E-state index >= 15 is 0 Å². The molecule has 2 aromatic rings. The summed E-state index contributed by atoms with van der Waals surface area (Å²) in [5.74, 6) is -0.493. The predicted molar refractivity (Wildman–Crippen MR) is 108 cm³/mol. The van der Waals surface area contributed by atoms with Gasteiger partial charge in [-0.05, 0) is 43.0 Å². The highest BCUT2D eigenvalue weighted by molar-refractivity contribution is 6.07. The maximum absolute atomic E-state index is 13.0. The number of carbonyl (C=O) groups is 2. The maximum Gasteiger partial charge on any atom is 0.268 e. The number of nitrogens with one attached hydrogen (secondary N) is 2. The topological polar surface area (TPSA) is 58.2 Å². The lowest BCUT2D eigenvalue weighted by molar-refractivity contribution is -0.118. The van der Waals surface area contributed by atoms with Crippen LogP contribution in [0.2, 0.25) is 0 Å². The number of rotatable bonds is 5. The third-order valence-electron chi connectivity index (χ3n) is 5.02. The maximum atomic E-state index is 13.0. The van der Waals surface area contributed by atoms with Crippen molar-refractivity contribution in [3.05, 3.63) is 77.5 Å². The Hall–Kier alpha value is -2.88. The van der Waals surface area contributed by atoms with E-state index in [0.717, 1.165) is 36.8 Å². The van der Waals surface area contributed by atoms with Crippen molar-refractivity contribution in [2.75, 3.05) is 0 Å². The summed E-state index contributed by atoms with van der Waals surface area (Å²) in [5, 5.41) is 5.96. The minimum absolute atomic E-state index is 0.179. The van der Waals surface area contributed by atoms with E-state index in [-0.39, 0.29) is 17.9 Å². The summed E-state index contributed by atoms with van der Waals surface area (Å²) in [5.41, 5.74) is 2.52. The van der Waals surface area contributed by atoms with Crippen LogP contribution in [0.3, 0.4) is 0 Å². The fourth-order valence-corrected chi connectivity index (χ4v) is 3.43. The van der Waals surface area contributed by atoms with E-state index in [9.17, 15) is 9.59 Å². The minimum Gasteiger partial charge on any atom is -0.348 e. The molecule has 0 atom stereocenters. The molecular weight excluding hydrogens is 336 g/mol. The molecule has 2 amide bonds. The number of carbonyl (C=O) groups excluding carboxylic acids is 2. The number of hydrogen-bond donors (Lipinski definition) is 2. The van der Waals surface area contributed by atoms with Gasteiger partial charge in [0.15, 0.2) is 0 Å². The third-order valence-corrected chi connectivity index (χ3v) is 5.02. The largest absolute Gasteiger partial charge is 0.348 e. The Morgan fingerprint density at radius 3 is 1.96 bits per heavy atom. The molecule has 0 unspecified atom stereocenters. The first-order chi connectivity index (χ1) is 13.1. The van der Waals surface area contributed by atoms with E-state index < -0.39 is 0 Å². The molecule has 4 nitrogen and oxygen atoms in total. The van der Waals surface area contributed by atoms with Crippen molar-refractivity contribution < 1.29 is 9.59 Å². The van der Waals surface area contributed by atoms with Gasteiger partial charge in [-0.15, -0.1) is 0 Å². The number of allylic oxidation sites excluding steroid dienone is 1. The van der Waals surface area contributed by atoms with Crippen molar-refractivity contribution in [3.8, 4) is 0 Å². The molecule has 3 rings (SSSR count). The zero-order valence-corrected chi connectivity index (χ0v) is 15.7. The Balaban J connectivity index is 1.86. The molecule has 0 bridgehead atoms. The van der Waals surface area contributed by atoms with Gasteiger partial charge in [0, 0.05) is 11.6 Å². The summed E-state index contributed by atoms with van der Waals surface area (Å²) in [6, 6.07) is 18.8. The second-order valence-electron chi connectivity index (χ2n) is 6.99. The molecule has 2 N–H and O–H groups in total. The Kier molecular flexibility index (Phi) is 6.42. The summed E-state index contributed by atoms with van der Waals surface area (Å²) in [6.07, 6.45) is 5.49. The van der Waals surface area contributed by atoms with Gasteiger partial charge in [0.1, 0.15) is 5.70 Å². The monoisotopic (exact) mass is 362 g/mol. The molecule has 0 aromatic heterocycles. The summed E-state index contributed by atoms with van der Waals surface area (Å²) in [6.45, 7) is 1.87. The van der Waals surface area contributed by atoms with Crippen LogP contribution >= 0.6 is 0 Å². The lowest BCUT2D eigenvalue weighted by atomic mass is 9.95.